The van der Waals surface area contributed by atoms with Crippen LogP contribution in [-0.2, 0) is 11.2 Å². The van der Waals surface area contributed by atoms with Crippen molar-refractivity contribution in [2.24, 2.45) is 0 Å². The summed E-state index contributed by atoms with van der Waals surface area (Å²) in [5, 5.41) is 2.44. The first-order valence-electron chi connectivity index (χ1n) is 7.44. The summed E-state index contributed by atoms with van der Waals surface area (Å²) in [6.45, 7) is 0.162. The van der Waals surface area contributed by atoms with Crippen LogP contribution in [0.5, 0.6) is 17.2 Å². The number of carbonyl (C=O) groups is 1. The van der Waals surface area contributed by atoms with Crippen molar-refractivity contribution < 1.29 is 32.2 Å². The molecule has 0 saturated heterocycles. The molecule has 1 N–H and O–H groups in total. The lowest BCUT2D eigenvalue weighted by molar-refractivity contribution is -0.274. The number of amides is 1. The quantitative estimate of drug-likeness (QED) is 0.886. The Labute approximate surface area is 141 Å². The highest BCUT2D eigenvalue weighted by Gasteiger charge is 2.32. The zero-order chi connectivity index (χ0) is 17.9. The summed E-state index contributed by atoms with van der Waals surface area (Å²) in [7, 11) is 0. The summed E-state index contributed by atoms with van der Waals surface area (Å²) >= 11 is 0. The molecule has 2 aromatic carbocycles. The van der Waals surface area contributed by atoms with E-state index in [-0.39, 0.29) is 18.9 Å². The number of para-hydroxylation sites is 2. The predicted octanol–water partition coefficient (Wildman–Crippen LogP) is 3.89. The Morgan fingerprint density at radius 2 is 1.88 bits per heavy atom. The first-order valence-corrected chi connectivity index (χ1v) is 7.44. The Kier molecular flexibility index (Phi) is 4.69. The molecule has 0 bridgehead atoms. The fourth-order valence-corrected chi connectivity index (χ4v) is 2.35. The van der Waals surface area contributed by atoms with Crippen molar-refractivity contribution in [3.63, 3.8) is 0 Å². The second-order valence-electron chi connectivity index (χ2n) is 5.28. The maximum Gasteiger partial charge on any atom is 0.573 e. The summed E-state index contributed by atoms with van der Waals surface area (Å²) in [6, 6.07) is 10.7. The van der Waals surface area contributed by atoms with Crippen molar-refractivity contribution in [3.8, 4) is 17.2 Å². The number of aryl methyl sites for hydroxylation is 1. The molecule has 0 atom stereocenters. The molecule has 1 heterocycles. The smallest absolute Gasteiger partial charge is 0.454 e. The van der Waals surface area contributed by atoms with Crippen molar-refractivity contribution in [2.75, 3.05) is 12.1 Å². The fourth-order valence-electron chi connectivity index (χ4n) is 2.35. The van der Waals surface area contributed by atoms with Gasteiger partial charge in [-0.15, -0.1) is 13.2 Å². The van der Waals surface area contributed by atoms with E-state index in [0.29, 0.717) is 17.9 Å². The molecule has 1 aliphatic rings. The molecule has 2 aromatic rings. The first kappa shape index (κ1) is 16.9. The Morgan fingerprint density at radius 3 is 2.68 bits per heavy atom. The lowest BCUT2D eigenvalue weighted by Crippen LogP contribution is -2.19. The Bertz CT molecular complexity index is 777. The van der Waals surface area contributed by atoms with Crippen molar-refractivity contribution in [1.29, 1.82) is 0 Å². The summed E-state index contributed by atoms with van der Waals surface area (Å²) in [6.07, 6.45) is -4.32. The van der Waals surface area contributed by atoms with Crippen LogP contribution in [0.2, 0.25) is 0 Å². The number of rotatable bonds is 5. The highest BCUT2D eigenvalue weighted by atomic mass is 19.4. The molecule has 0 unspecified atom stereocenters. The molecular formula is C17H14F3NO4. The number of fused-ring (bicyclic) bond motifs is 1. The third-order valence-electron chi connectivity index (χ3n) is 3.46. The van der Waals surface area contributed by atoms with Gasteiger partial charge < -0.3 is 19.5 Å². The van der Waals surface area contributed by atoms with Gasteiger partial charge in [0.1, 0.15) is 0 Å². The number of nitrogens with one attached hydrogen (secondary N) is 1. The van der Waals surface area contributed by atoms with Crippen molar-refractivity contribution in [2.45, 2.75) is 19.2 Å². The van der Waals surface area contributed by atoms with Gasteiger partial charge in [0.05, 0.1) is 5.69 Å². The third kappa shape index (κ3) is 4.56. The molecule has 0 aromatic heterocycles. The highest BCUT2D eigenvalue weighted by molar-refractivity contribution is 5.92. The molecule has 5 nitrogen and oxygen atoms in total. The van der Waals surface area contributed by atoms with Gasteiger partial charge in [0.2, 0.25) is 12.7 Å². The van der Waals surface area contributed by atoms with Crippen LogP contribution in [0.1, 0.15) is 12.0 Å². The number of carbonyl (C=O) groups excluding carboxylic acids is 1. The number of alkyl halides is 3. The maximum atomic E-state index is 12.4. The van der Waals surface area contributed by atoms with Gasteiger partial charge in [-0.25, -0.2) is 0 Å². The molecule has 8 heteroatoms. The van der Waals surface area contributed by atoms with Crippen LogP contribution in [0.4, 0.5) is 18.9 Å². The summed E-state index contributed by atoms with van der Waals surface area (Å²) in [5.74, 6) is 0.385. The summed E-state index contributed by atoms with van der Waals surface area (Å²) < 4.78 is 51.5. The predicted molar refractivity (Wildman–Crippen MR) is 82.6 cm³/mol. The van der Waals surface area contributed by atoms with Crippen LogP contribution in [0, 0.1) is 0 Å². The van der Waals surface area contributed by atoms with E-state index in [4.69, 9.17) is 9.47 Å². The minimum absolute atomic E-state index is 0.0319. The van der Waals surface area contributed by atoms with E-state index in [1.54, 1.807) is 12.1 Å². The molecule has 0 saturated carbocycles. The van der Waals surface area contributed by atoms with E-state index < -0.39 is 18.0 Å². The topological polar surface area (TPSA) is 56.8 Å². The lowest BCUT2D eigenvalue weighted by Gasteiger charge is -2.13. The lowest BCUT2D eigenvalue weighted by atomic mass is 10.1. The van der Waals surface area contributed by atoms with Crippen molar-refractivity contribution in [1.82, 2.24) is 0 Å². The zero-order valence-corrected chi connectivity index (χ0v) is 12.9. The van der Waals surface area contributed by atoms with E-state index >= 15 is 0 Å². The minimum atomic E-state index is -4.83. The largest absolute Gasteiger partial charge is 0.573 e. The van der Waals surface area contributed by atoms with Crippen molar-refractivity contribution >= 4 is 11.6 Å². The molecule has 25 heavy (non-hydrogen) atoms. The number of anilines is 1. The molecule has 0 aliphatic carbocycles. The van der Waals surface area contributed by atoms with Gasteiger partial charge in [0.15, 0.2) is 17.2 Å². The van der Waals surface area contributed by atoms with Gasteiger partial charge in [-0.2, -0.15) is 0 Å². The fraction of sp³-hybridized carbons (Fsp3) is 0.235. The SMILES string of the molecule is O=C(CCc1ccc2c(c1)OCO2)Nc1ccccc1OC(F)(F)F. The molecule has 1 aliphatic heterocycles. The average Bonchev–Trinajstić information content (AvgIpc) is 3.01. The third-order valence-corrected chi connectivity index (χ3v) is 3.46. The van der Waals surface area contributed by atoms with Crippen LogP contribution in [0.3, 0.4) is 0 Å². The van der Waals surface area contributed by atoms with Gasteiger partial charge in [-0.05, 0) is 36.2 Å². The molecule has 3 rings (SSSR count). The van der Waals surface area contributed by atoms with E-state index in [2.05, 4.69) is 10.1 Å². The summed E-state index contributed by atoms with van der Waals surface area (Å²) in [5.41, 5.74) is 0.828. The van der Waals surface area contributed by atoms with E-state index in [1.165, 1.54) is 18.2 Å². The minimum Gasteiger partial charge on any atom is -0.454 e. The van der Waals surface area contributed by atoms with Crippen LogP contribution < -0.4 is 19.5 Å². The number of ether oxygens (including phenoxy) is 3. The average molecular weight is 353 g/mol. The molecule has 132 valence electrons. The van der Waals surface area contributed by atoms with Gasteiger partial charge >= 0.3 is 6.36 Å². The van der Waals surface area contributed by atoms with E-state index in [1.807, 2.05) is 6.07 Å². The van der Waals surface area contributed by atoms with Gasteiger partial charge in [0, 0.05) is 6.42 Å². The molecule has 0 spiro atoms. The van der Waals surface area contributed by atoms with Crippen LogP contribution in [-0.4, -0.2) is 19.1 Å². The molecule has 1 amide bonds. The monoisotopic (exact) mass is 353 g/mol. The number of benzene rings is 2. The normalized spacial score (nSPS) is 12.8. The molecule has 0 radical (unpaired) electrons. The highest BCUT2D eigenvalue weighted by Crippen LogP contribution is 2.33. The summed E-state index contributed by atoms with van der Waals surface area (Å²) in [4.78, 5) is 12.0. The van der Waals surface area contributed by atoms with Crippen LogP contribution in [0.15, 0.2) is 42.5 Å². The van der Waals surface area contributed by atoms with Gasteiger partial charge in [-0.1, -0.05) is 18.2 Å². The standard InChI is InChI=1S/C17H14F3NO4/c18-17(19,20)25-13-4-2-1-3-12(13)21-16(22)8-6-11-5-7-14-15(9-11)24-10-23-14/h1-5,7,9H,6,8,10H2,(H,21,22). The van der Waals surface area contributed by atoms with Crippen LogP contribution >= 0.6 is 0 Å². The Morgan fingerprint density at radius 1 is 1.12 bits per heavy atom. The van der Waals surface area contributed by atoms with Gasteiger partial charge in [0.25, 0.3) is 0 Å². The Hall–Kier alpha value is -2.90. The second kappa shape index (κ2) is 6.92. The van der Waals surface area contributed by atoms with E-state index in [9.17, 15) is 18.0 Å². The first-order chi connectivity index (χ1) is 11.9. The Balaban J connectivity index is 1.60. The van der Waals surface area contributed by atoms with Crippen molar-refractivity contribution in [3.05, 3.63) is 48.0 Å². The van der Waals surface area contributed by atoms with Crippen LogP contribution in [0.25, 0.3) is 0 Å². The number of hydrogen-bond acceptors (Lipinski definition) is 4. The zero-order valence-electron chi connectivity index (χ0n) is 12.9. The number of halogens is 3. The second-order valence-corrected chi connectivity index (χ2v) is 5.28. The molecular weight excluding hydrogens is 339 g/mol. The molecule has 0 fully saturated rings. The maximum absolute atomic E-state index is 12.4. The number of hydrogen-bond donors (Lipinski definition) is 1. The van der Waals surface area contributed by atoms with Gasteiger partial charge in [-0.3, -0.25) is 4.79 Å². The van der Waals surface area contributed by atoms with E-state index in [0.717, 1.165) is 11.6 Å².